The number of carbonyl (C=O) groups excluding carboxylic acids is 1. The minimum atomic E-state index is -0.482. The predicted octanol–water partition coefficient (Wildman–Crippen LogP) is 2.02. The number of fused-ring (bicyclic) bond motifs is 1. The van der Waals surface area contributed by atoms with E-state index in [0.29, 0.717) is 12.1 Å². The third-order valence-corrected chi connectivity index (χ3v) is 2.15. The van der Waals surface area contributed by atoms with Crippen molar-refractivity contribution in [2.45, 2.75) is 32.8 Å². The monoisotopic (exact) mass is 218 g/mol. The molecule has 0 spiro atoms. The third-order valence-electron chi connectivity index (χ3n) is 2.15. The number of ether oxygens (including phenoxy) is 1. The summed E-state index contributed by atoms with van der Waals surface area (Å²) in [6.07, 6.45) is 5.72. The van der Waals surface area contributed by atoms with Crippen LogP contribution in [0.5, 0.6) is 0 Å². The highest BCUT2D eigenvalue weighted by molar-refractivity contribution is 6.37. The number of allylic oxidation sites excluding steroid dienone is 2. The molecule has 0 unspecified atom stereocenters. The molecule has 0 radical (unpaired) electrons. The van der Waals surface area contributed by atoms with Gasteiger partial charge in [0.2, 0.25) is 0 Å². The van der Waals surface area contributed by atoms with Crippen LogP contribution in [-0.4, -0.2) is 23.5 Å². The van der Waals surface area contributed by atoms with E-state index in [1.54, 1.807) is 12.4 Å². The third kappa shape index (κ3) is 2.27. The first kappa shape index (κ1) is 10.8. The van der Waals surface area contributed by atoms with Crippen LogP contribution in [0.3, 0.4) is 0 Å². The number of esters is 1. The van der Waals surface area contributed by atoms with Crippen LogP contribution in [0.1, 0.15) is 27.2 Å². The van der Waals surface area contributed by atoms with Gasteiger partial charge in [-0.05, 0) is 32.4 Å². The first-order chi connectivity index (χ1) is 7.46. The zero-order valence-electron chi connectivity index (χ0n) is 9.65. The molecule has 0 bridgehead atoms. The van der Waals surface area contributed by atoms with E-state index in [1.807, 2.05) is 26.8 Å². The summed E-state index contributed by atoms with van der Waals surface area (Å²) in [4.78, 5) is 19.9. The second-order valence-corrected chi connectivity index (χ2v) is 4.74. The topological polar surface area (TPSA) is 51.0 Å². The Morgan fingerprint density at radius 3 is 2.88 bits per heavy atom. The molecule has 0 aromatic carbocycles. The first-order valence-corrected chi connectivity index (χ1v) is 5.19. The lowest BCUT2D eigenvalue weighted by atomic mass is 10.0. The van der Waals surface area contributed by atoms with Crippen molar-refractivity contribution in [2.24, 2.45) is 9.98 Å². The molecule has 84 valence electrons. The van der Waals surface area contributed by atoms with Crippen LogP contribution in [0.2, 0.25) is 0 Å². The minimum absolute atomic E-state index is 0.351. The number of carbonyl (C=O) groups is 1. The van der Waals surface area contributed by atoms with E-state index in [9.17, 15) is 4.79 Å². The smallest absolute Gasteiger partial charge is 0.353 e. The number of hydrogen-bond donors (Lipinski definition) is 0. The molecular formula is C12H14N2O2. The van der Waals surface area contributed by atoms with Crippen molar-refractivity contribution in [3.63, 3.8) is 0 Å². The van der Waals surface area contributed by atoms with Crippen molar-refractivity contribution in [3.05, 3.63) is 23.5 Å². The normalized spacial score (nSPS) is 18.6. The average Bonchev–Trinajstić information content (AvgIpc) is 2.61. The van der Waals surface area contributed by atoms with Crippen molar-refractivity contribution >= 4 is 17.9 Å². The second-order valence-electron chi connectivity index (χ2n) is 4.74. The molecule has 0 aromatic rings. The molecule has 16 heavy (non-hydrogen) atoms. The second kappa shape index (κ2) is 3.70. The molecule has 0 fully saturated rings. The van der Waals surface area contributed by atoms with E-state index in [2.05, 4.69) is 9.98 Å². The Morgan fingerprint density at radius 1 is 1.44 bits per heavy atom. The van der Waals surface area contributed by atoms with E-state index < -0.39 is 5.60 Å². The van der Waals surface area contributed by atoms with Crippen molar-refractivity contribution in [2.75, 3.05) is 0 Å². The highest BCUT2D eigenvalue weighted by Crippen LogP contribution is 2.24. The van der Waals surface area contributed by atoms with Gasteiger partial charge < -0.3 is 4.74 Å². The largest absolute Gasteiger partial charge is 0.455 e. The van der Waals surface area contributed by atoms with E-state index in [-0.39, 0.29) is 5.97 Å². The van der Waals surface area contributed by atoms with Gasteiger partial charge in [-0.3, -0.25) is 9.98 Å². The summed E-state index contributed by atoms with van der Waals surface area (Å²) in [6, 6.07) is 0. The van der Waals surface area contributed by atoms with Crippen molar-refractivity contribution in [3.8, 4) is 0 Å². The number of hydrogen-bond acceptors (Lipinski definition) is 4. The summed E-state index contributed by atoms with van der Waals surface area (Å²) in [6.45, 7) is 5.52. The predicted molar refractivity (Wildman–Crippen MR) is 62.6 cm³/mol. The standard InChI is InChI=1S/C12H14N2O2/c1-12(2,3)16-11(15)9-6-8-4-5-13-10(8)7-14-9/h4-5,7H,6H2,1-3H3. The average molecular weight is 218 g/mol. The quantitative estimate of drug-likeness (QED) is 0.632. The van der Waals surface area contributed by atoms with Gasteiger partial charge in [0.25, 0.3) is 0 Å². The Kier molecular flexibility index (Phi) is 2.50. The molecule has 0 saturated carbocycles. The fourth-order valence-corrected chi connectivity index (χ4v) is 1.47. The maximum absolute atomic E-state index is 11.8. The lowest BCUT2D eigenvalue weighted by Gasteiger charge is -2.21. The van der Waals surface area contributed by atoms with Gasteiger partial charge >= 0.3 is 5.97 Å². The lowest BCUT2D eigenvalue weighted by Crippen LogP contribution is -2.29. The van der Waals surface area contributed by atoms with Gasteiger partial charge in [-0.25, -0.2) is 4.79 Å². The fourth-order valence-electron chi connectivity index (χ4n) is 1.47. The molecule has 0 saturated heterocycles. The molecule has 2 aliphatic rings. The van der Waals surface area contributed by atoms with E-state index in [0.717, 1.165) is 11.3 Å². The van der Waals surface area contributed by atoms with Crippen LogP contribution in [0, 0.1) is 0 Å². The van der Waals surface area contributed by atoms with Crippen LogP contribution in [0.4, 0.5) is 0 Å². The summed E-state index contributed by atoms with van der Waals surface area (Å²) < 4.78 is 5.26. The Labute approximate surface area is 94.4 Å². The molecule has 0 aliphatic carbocycles. The molecule has 0 aromatic heterocycles. The van der Waals surface area contributed by atoms with E-state index in [4.69, 9.17) is 4.74 Å². The van der Waals surface area contributed by atoms with Crippen molar-refractivity contribution in [1.82, 2.24) is 0 Å². The summed E-state index contributed by atoms with van der Waals surface area (Å²) in [5.41, 5.74) is 1.82. The fraction of sp³-hybridized carbons (Fsp3) is 0.417. The van der Waals surface area contributed by atoms with Gasteiger partial charge in [-0.15, -0.1) is 0 Å². The summed E-state index contributed by atoms with van der Waals surface area (Å²) in [5, 5.41) is 0. The van der Waals surface area contributed by atoms with Crippen LogP contribution < -0.4 is 0 Å². The van der Waals surface area contributed by atoms with Crippen molar-refractivity contribution < 1.29 is 9.53 Å². The lowest BCUT2D eigenvalue weighted by molar-refractivity contribution is -0.146. The van der Waals surface area contributed by atoms with Crippen LogP contribution in [0.25, 0.3) is 0 Å². The molecule has 2 rings (SSSR count). The Morgan fingerprint density at radius 2 is 2.19 bits per heavy atom. The highest BCUT2D eigenvalue weighted by atomic mass is 16.6. The number of nitrogens with zero attached hydrogens (tertiary/aromatic N) is 2. The zero-order chi connectivity index (χ0) is 11.8. The van der Waals surface area contributed by atoms with Crippen molar-refractivity contribution in [1.29, 1.82) is 0 Å². The van der Waals surface area contributed by atoms with Gasteiger partial charge in [0.15, 0.2) is 0 Å². The van der Waals surface area contributed by atoms with Gasteiger partial charge in [0.1, 0.15) is 11.3 Å². The van der Waals surface area contributed by atoms with Crippen LogP contribution in [-0.2, 0) is 9.53 Å². The van der Waals surface area contributed by atoms with Crippen LogP contribution in [0.15, 0.2) is 33.5 Å². The highest BCUT2D eigenvalue weighted by Gasteiger charge is 2.25. The van der Waals surface area contributed by atoms with E-state index >= 15 is 0 Å². The van der Waals surface area contributed by atoms with Gasteiger partial charge in [-0.2, -0.15) is 0 Å². The summed E-state index contributed by atoms with van der Waals surface area (Å²) >= 11 is 0. The molecule has 4 nitrogen and oxygen atoms in total. The Balaban J connectivity index is 2.11. The molecule has 4 heteroatoms. The molecular weight excluding hydrogens is 204 g/mol. The minimum Gasteiger partial charge on any atom is -0.455 e. The maximum atomic E-state index is 11.8. The summed E-state index contributed by atoms with van der Waals surface area (Å²) in [5.74, 6) is -0.351. The Hall–Kier alpha value is -1.71. The first-order valence-electron chi connectivity index (χ1n) is 5.19. The molecule has 2 aliphatic heterocycles. The van der Waals surface area contributed by atoms with Gasteiger partial charge in [0.05, 0.1) is 11.9 Å². The SMILES string of the molecule is CC(C)(C)OC(=O)C1=NC=C2N=CC=C2C1. The number of aliphatic imine (C=N–C) groups is 2. The van der Waals surface area contributed by atoms with Gasteiger partial charge in [0, 0.05) is 12.6 Å². The number of rotatable bonds is 1. The molecule has 0 atom stereocenters. The van der Waals surface area contributed by atoms with Crippen LogP contribution >= 0.6 is 0 Å². The molecule has 0 amide bonds. The Bertz CT molecular complexity index is 448. The maximum Gasteiger partial charge on any atom is 0.353 e. The zero-order valence-corrected chi connectivity index (χ0v) is 9.65. The molecule has 2 heterocycles. The van der Waals surface area contributed by atoms with E-state index in [1.165, 1.54) is 0 Å². The van der Waals surface area contributed by atoms with Gasteiger partial charge in [-0.1, -0.05) is 0 Å². The summed E-state index contributed by atoms with van der Waals surface area (Å²) in [7, 11) is 0. The molecule has 0 N–H and O–H groups in total.